The Morgan fingerprint density at radius 1 is 0.920 bits per heavy atom. The van der Waals surface area contributed by atoms with Crippen LogP contribution in [-0.2, 0) is 0 Å². The summed E-state index contributed by atoms with van der Waals surface area (Å²) in [4.78, 5) is 26.2. The van der Waals surface area contributed by atoms with Crippen molar-refractivity contribution in [3.05, 3.63) is 54.6 Å². The molecule has 0 saturated carbocycles. The van der Waals surface area contributed by atoms with Crippen LogP contribution in [0.3, 0.4) is 0 Å². The molecule has 3 heterocycles. The summed E-state index contributed by atoms with van der Waals surface area (Å²) in [6.07, 6.45) is 3.43. The lowest BCUT2D eigenvalue weighted by Gasteiger charge is -2.33. The van der Waals surface area contributed by atoms with Gasteiger partial charge in [0.25, 0.3) is 11.7 Å². The van der Waals surface area contributed by atoms with Gasteiger partial charge in [-0.05, 0) is 23.4 Å². The highest BCUT2D eigenvalue weighted by Crippen LogP contribution is 2.11. The minimum atomic E-state index is -0.212. The minimum absolute atomic E-state index is 0.105. The first-order chi connectivity index (χ1) is 12.3. The zero-order chi connectivity index (χ0) is 17.1. The fourth-order valence-corrected chi connectivity index (χ4v) is 2.68. The highest BCUT2D eigenvalue weighted by atomic mass is 16.2. The Hall–Kier alpha value is -3.36. The van der Waals surface area contributed by atoms with Gasteiger partial charge in [-0.2, -0.15) is 0 Å². The number of carbonyl (C=O) groups is 1. The SMILES string of the molecule is O=C(c1nnn(-c2ccccc2)n1)N1CCN(c2ncccn2)CC1. The molecule has 0 unspecified atom stereocenters. The molecule has 1 amide bonds. The fourth-order valence-electron chi connectivity index (χ4n) is 2.68. The van der Waals surface area contributed by atoms with Gasteiger partial charge in [-0.3, -0.25) is 4.79 Å². The van der Waals surface area contributed by atoms with E-state index in [0.717, 1.165) is 5.69 Å². The van der Waals surface area contributed by atoms with Crippen LogP contribution in [0.5, 0.6) is 0 Å². The third-order valence-electron chi connectivity index (χ3n) is 3.99. The Morgan fingerprint density at radius 3 is 2.36 bits per heavy atom. The van der Waals surface area contributed by atoms with Crippen molar-refractivity contribution in [3.63, 3.8) is 0 Å². The Morgan fingerprint density at radius 2 is 1.64 bits per heavy atom. The van der Waals surface area contributed by atoms with E-state index in [2.05, 4.69) is 30.3 Å². The lowest BCUT2D eigenvalue weighted by molar-refractivity contribution is 0.0733. The second-order valence-electron chi connectivity index (χ2n) is 5.57. The van der Waals surface area contributed by atoms with E-state index in [1.54, 1.807) is 23.4 Å². The number of hydrogen-bond acceptors (Lipinski definition) is 7. The third-order valence-corrected chi connectivity index (χ3v) is 3.99. The van der Waals surface area contributed by atoms with Crippen molar-refractivity contribution in [2.45, 2.75) is 0 Å². The maximum Gasteiger partial charge on any atom is 0.295 e. The molecule has 9 nitrogen and oxygen atoms in total. The Balaban J connectivity index is 1.42. The van der Waals surface area contributed by atoms with Gasteiger partial charge in [0.15, 0.2) is 0 Å². The van der Waals surface area contributed by atoms with Gasteiger partial charge in [0.2, 0.25) is 5.95 Å². The third kappa shape index (κ3) is 3.16. The van der Waals surface area contributed by atoms with Crippen molar-refractivity contribution < 1.29 is 4.79 Å². The zero-order valence-corrected chi connectivity index (χ0v) is 13.4. The van der Waals surface area contributed by atoms with E-state index in [9.17, 15) is 4.79 Å². The van der Waals surface area contributed by atoms with E-state index in [-0.39, 0.29) is 11.7 Å². The number of nitrogens with zero attached hydrogens (tertiary/aromatic N) is 8. The smallest absolute Gasteiger partial charge is 0.295 e. The van der Waals surface area contributed by atoms with Crippen molar-refractivity contribution >= 4 is 11.9 Å². The molecule has 4 rings (SSSR count). The number of aromatic nitrogens is 6. The van der Waals surface area contributed by atoms with Gasteiger partial charge in [0, 0.05) is 38.6 Å². The normalized spacial score (nSPS) is 14.6. The van der Waals surface area contributed by atoms with Gasteiger partial charge in [-0.15, -0.1) is 15.0 Å². The first kappa shape index (κ1) is 15.2. The summed E-state index contributed by atoms with van der Waals surface area (Å²) in [5, 5.41) is 12.1. The van der Waals surface area contributed by atoms with Crippen molar-refractivity contribution in [1.29, 1.82) is 0 Å². The molecule has 1 saturated heterocycles. The second-order valence-corrected chi connectivity index (χ2v) is 5.57. The number of benzene rings is 1. The highest BCUT2D eigenvalue weighted by molar-refractivity contribution is 5.90. The standard InChI is InChI=1S/C16H16N8O/c25-15(14-19-21-24(20-14)13-5-2-1-3-6-13)22-9-11-23(12-10-22)16-17-7-4-8-18-16/h1-8H,9-12H2. The molecule has 0 aliphatic carbocycles. The number of tetrazole rings is 1. The van der Waals surface area contributed by atoms with Crippen molar-refractivity contribution in [1.82, 2.24) is 35.1 Å². The quantitative estimate of drug-likeness (QED) is 0.684. The first-order valence-electron chi connectivity index (χ1n) is 7.98. The number of carbonyl (C=O) groups excluding carboxylic acids is 1. The van der Waals surface area contributed by atoms with E-state index >= 15 is 0 Å². The minimum Gasteiger partial charge on any atom is -0.337 e. The van der Waals surface area contributed by atoms with Crippen LogP contribution in [0.25, 0.3) is 5.69 Å². The van der Waals surface area contributed by atoms with Crippen molar-refractivity contribution in [3.8, 4) is 5.69 Å². The van der Waals surface area contributed by atoms with E-state index in [0.29, 0.717) is 32.1 Å². The largest absolute Gasteiger partial charge is 0.337 e. The van der Waals surface area contributed by atoms with E-state index in [1.165, 1.54) is 4.80 Å². The molecule has 0 N–H and O–H groups in total. The number of rotatable bonds is 3. The molecular weight excluding hydrogens is 320 g/mol. The molecule has 9 heteroatoms. The molecule has 0 radical (unpaired) electrons. The van der Waals surface area contributed by atoms with Crippen LogP contribution in [0.2, 0.25) is 0 Å². The Labute approximate surface area is 143 Å². The van der Waals surface area contributed by atoms with Gasteiger partial charge >= 0.3 is 0 Å². The van der Waals surface area contributed by atoms with Gasteiger partial charge in [-0.25, -0.2) is 9.97 Å². The lowest BCUT2D eigenvalue weighted by Crippen LogP contribution is -2.49. The number of piperazine rings is 1. The van der Waals surface area contributed by atoms with E-state index in [4.69, 9.17) is 0 Å². The molecule has 0 atom stereocenters. The molecule has 0 spiro atoms. The molecule has 25 heavy (non-hydrogen) atoms. The Bertz CT molecular complexity index is 843. The topological polar surface area (TPSA) is 92.9 Å². The van der Waals surface area contributed by atoms with E-state index < -0.39 is 0 Å². The molecule has 2 aromatic heterocycles. The summed E-state index contributed by atoms with van der Waals surface area (Å²) in [7, 11) is 0. The van der Waals surface area contributed by atoms with Gasteiger partial charge < -0.3 is 9.80 Å². The molecular formula is C16H16N8O. The first-order valence-corrected chi connectivity index (χ1v) is 7.98. The average molecular weight is 336 g/mol. The van der Waals surface area contributed by atoms with Crippen molar-refractivity contribution in [2.24, 2.45) is 0 Å². The van der Waals surface area contributed by atoms with Gasteiger partial charge in [-0.1, -0.05) is 18.2 Å². The molecule has 1 fully saturated rings. The summed E-state index contributed by atoms with van der Waals surface area (Å²) in [5.74, 6) is 0.576. The summed E-state index contributed by atoms with van der Waals surface area (Å²) in [5.41, 5.74) is 0.764. The van der Waals surface area contributed by atoms with Crippen LogP contribution < -0.4 is 4.90 Å². The zero-order valence-electron chi connectivity index (χ0n) is 13.4. The highest BCUT2D eigenvalue weighted by Gasteiger charge is 2.26. The summed E-state index contributed by atoms with van der Waals surface area (Å²) in [6, 6.07) is 11.2. The van der Waals surface area contributed by atoms with Gasteiger partial charge in [0.05, 0.1) is 5.69 Å². The molecule has 126 valence electrons. The van der Waals surface area contributed by atoms with Gasteiger partial charge in [0.1, 0.15) is 0 Å². The van der Waals surface area contributed by atoms with Crippen LogP contribution in [-0.4, -0.2) is 67.2 Å². The Kier molecular flexibility index (Phi) is 4.03. The van der Waals surface area contributed by atoms with E-state index in [1.807, 2.05) is 30.3 Å². The van der Waals surface area contributed by atoms with Crippen molar-refractivity contribution in [2.75, 3.05) is 31.1 Å². The van der Waals surface area contributed by atoms with Crippen LogP contribution in [0.4, 0.5) is 5.95 Å². The fraction of sp³-hybridized carbons (Fsp3) is 0.250. The molecule has 0 bridgehead atoms. The maximum atomic E-state index is 12.6. The molecule has 1 aliphatic heterocycles. The monoisotopic (exact) mass is 336 g/mol. The number of anilines is 1. The molecule has 1 aromatic carbocycles. The summed E-state index contributed by atoms with van der Waals surface area (Å²) < 4.78 is 0. The lowest BCUT2D eigenvalue weighted by atomic mass is 10.3. The maximum absolute atomic E-state index is 12.6. The van der Waals surface area contributed by atoms with Crippen LogP contribution in [0.15, 0.2) is 48.8 Å². The number of para-hydroxylation sites is 1. The average Bonchev–Trinajstić information content (AvgIpc) is 3.19. The summed E-state index contributed by atoms with van der Waals surface area (Å²) >= 11 is 0. The number of amides is 1. The molecule has 1 aliphatic rings. The molecule has 3 aromatic rings. The second kappa shape index (κ2) is 6.63. The van der Waals surface area contributed by atoms with Crippen LogP contribution >= 0.6 is 0 Å². The van der Waals surface area contributed by atoms with Crippen LogP contribution in [0.1, 0.15) is 10.6 Å². The predicted octanol–water partition coefficient (Wildman–Crippen LogP) is 0.415. The number of hydrogen-bond donors (Lipinski definition) is 0. The van der Waals surface area contributed by atoms with Crippen LogP contribution in [0, 0.1) is 0 Å². The summed E-state index contributed by atoms with van der Waals surface area (Å²) in [6.45, 7) is 2.47. The predicted molar refractivity (Wildman–Crippen MR) is 89.3 cm³/mol.